The molecule has 0 bridgehead atoms. The lowest BCUT2D eigenvalue weighted by Crippen LogP contribution is -2.57. The maximum absolute atomic E-state index is 14.0. The maximum Gasteiger partial charge on any atom is 0.255 e. The number of rotatable bonds is 15. The minimum atomic E-state index is -1.08. The van der Waals surface area contributed by atoms with Gasteiger partial charge in [0.05, 0.1) is 12.0 Å². The highest BCUT2D eigenvalue weighted by atomic mass is 16.2. The van der Waals surface area contributed by atoms with E-state index in [9.17, 15) is 38.4 Å². The molecular weight excluding hydrogens is 827 g/mol. The fraction of sp³-hybridized carbons (Fsp3) is 0.440. The van der Waals surface area contributed by atoms with Crippen molar-refractivity contribution in [2.24, 2.45) is 11.7 Å². The number of carbonyl (C=O) groups excluding carboxylic acids is 8. The molecule has 1 unspecified atom stereocenters. The molecule has 340 valence electrons. The number of nitrogens with zero attached hydrogens (tertiary/aromatic N) is 3. The average Bonchev–Trinajstić information content (AvgIpc) is 3.88. The van der Waals surface area contributed by atoms with Crippen molar-refractivity contribution < 1.29 is 38.4 Å². The number of piperidine rings is 1. The minimum Gasteiger partial charge on any atom is -0.370 e. The molecule has 15 nitrogen and oxygen atoms in total. The first-order valence-electron chi connectivity index (χ1n) is 22.7. The van der Waals surface area contributed by atoms with Crippen molar-refractivity contribution in [2.75, 3.05) is 13.1 Å². The van der Waals surface area contributed by atoms with Crippen LogP contribution in [0.3, 0.4) is 0 Å². The van der Waals surface area contributed by atoms with Crippen LogP contribution in [-0.2, 0) is 40.1 Å². The zero-order valence-electron chi connectivity index (χ0n) is 36.8. The van der Waals surface area contributed by atoms with Gasteiger partial charge < -0.3 is 31.1 Å². The fourth-order valence-corrected chi connectivity index (χ4v) is 9.44. The predicted molar refractivity (Wildman–Crippen MR) is 240 cm³/mol. The van der Waals surface area contributed by atoms with Crippen LogP contribution in [0.15, 0.2) is 78.9 Å². The van der Waals surface area contributed by atoms with Crippen molar-refractivity contribution in [3.8, 4) is 11.8 Å². The first kappa shape index (κ1) is 46.2. The highest BCUT2D eigenvalue weighted by Gasteiger charge is 2.45. The number of imide groups is 1. The zero-order chi connectivity index (χ0) is 46.0. The summed E-state index contributed by atoms with van der Waals surface area (Å²) in [5, 5.41) is 8.27. The molecule has 0 spiro atoms. The summed E-state index contributed by atoms with van der Waals surface area (Å²) in [5.41, 5.74) is 9.21. The Morgan fingerprint density at radius 3 is 2.25 bits per heavy atom. The van der Waals surface area contributed by atoms with E-state index in [0.29, 0.717) is 57.1 Å². The molecule has 3 aromatic rings. The Kier molecular flexibility index (Phi) is 15.1. The van der Waals surface area contributed by atoms with Gasteiger partial charge in [0.25, 0.3) is 5.91 Å². The van der Waals surface area contributed by atoms with E-state index in [0.717, 1.165) is 35.1 Å². The molecule has 0 radical (unpaired) electrons. The second-order valence-corrected chi connectivity index (χ2v) is 17.4. The van der Waals surface area contributed by atoms with Crippen molar-refractivity contribution >= 4 is 47.3 Å². The van der Waals surface area contributed by atoms with E-state index in [2.05, 4.69) is 27.8 Å². The molecule has 5 N–H and O–H groups in total. The molecule has 3 saturated heterocycles. The summed E-state index contributed by atoms with van der Waals surface area (Å²) in [6.45, 7) is 2.72. The van der Waals surface area contributed by atoms with Crippen LogP contribution in [0.1, 0.15) is 123 Å². The highest BCUT2D eigenvalue weighted by molar-refractivity contribution is 6.05. The molecule has 7 rings (SSSR count). The van der Waals surface area contributed by atoms with Crippen LogP contribution in [0.25, 0.3) is 0 Å². The molecule has 4 heterocycles. The van der Waals surface area contributed by atoms with Crippen LogP contribution in [0.4, 0.5) is 0 Å². The third-order valence-electron chi connectivity index (χ3n) is 12.9. The number of amides is 8. The average molecular weight is 884 g/mol. The van der Waals surface area contributed by atoms with E-state index in [4.69, 9.17) is 5.73 Å². The highest BCUT2D eigenvalue weighted by Crippen LogP contribution is 2.32. The summed E-state index contributed by atoms with van der Waals surface area (Å²) >= 11 is 0. The number of benzene rings is 3. The van der Waals surface area contributed by atoms with Crippen LogP contribution in [0.5, 0.6) is 0 Å². The van der Waals surface area contributed by atoms with Crippen LogP contribution in [0, 0.1) is 17.8 Å². The fourth-order valence-electron chi connectivity index (χ4n) is 9.44. The Morgan fingerprint density at radius 2 is 1.55 bits per heavy atom. The monoisotopic (exact) mass is 883 g/mol. The predicted octanol–water partition coefficient (Wildman–Crippen LogP) is 3.63. The van der Waals surface area contributed by atoms with Crippen LogP contribution in [-0.4, -0.2) is 99.2 Å². The van der Waals surface area contributed by atoms with E-state index in [-0.39, 0.29) is 62.0 Å². The number of fused-ring (bicyclic) bond motifs is 2. The lowest BCUT2D eigenvalue weighted by molar-refractivity contribution is -0.147. The smallest absolute Gasteiger partial charge is 0.255 e. The van der Waals surface area contributed by atoms with Crippen molar-refractivity contribution in [3.63, 3.8) is 0 Å². The van der Waals surface area contributed by atoms with Gasteiger partial charge >= 0.3 is 0 Å². The molecule has 65 heavy (non-hydrogen) atoms. The van der Waals surface area contributed by atoms with E-state index < -0.39 is 53.7 Å². The first-order valence-corrected chi connectivity index (χ1v) is 22.7. The summed E-state index contributed by atoms with van der Waals surface area (Å²) in [4.78, 5) is 110. The second kappa shape index (κ2) is 21.2. The second-order valence-electron chi connectivity index (χ2n) is 17.4. The minimum absolute atomic E-state index is 0.0126. The SMILES string of the molecule is C[C@H]1CN(C(=O)CCCCCC#Cc2cccc3c2CN(C2CCC(=O)NC2=O)C3=O)CC[C@H]2CC[C@@H](C(=O)N[C@@H](CCC(N)=O)C(=O)NC(c3ccccc3)c3ccccc3)N2C1=O. The summed E-state index contributed by atoms with van der Waals surface area (Å²) in [6.07, 6.45) is 4.99. The Bertz CT molecular complexity index is 2320. The number of hydrogen-bond donors (Lipinski definition) is 4. The van der Waals surface area contributed by atoms with Gasteiger partial charge in [0, 0.05) is 62.5 Å². The van der Waals surface area contributed by atoms with Gasteiger partial charge in [-0.2, -0.15) is 0 Å². The van der Waals surface area contributed by atoms with Crippen molar-refractivity contribution in [1.29, 1.82) is 0 Å². The van der Waals surface area contributed by atoms with Gasteiger partial charge in [-0.3, -0.25) is 43.7 Å². The number of unbranched alkanes of at least 4 members (excludes halogenated alkanes) is 3. The van der Waals surface area contributed by atoms with Crippen molar-refractivity contribution in [1.82, 2.24) is 30.7 Å². The number of nitrogens with two attached hydrogens (primary N) is 1. The number of hydrogen-bond acceptors (Lipinski definition) is 8. The van der Waals surface area contributed by atoms with Crippen LogP contribution >= 0.6 is 0 Å². The van der Waals surface area contributed by atoms with Crippen LogP contribution < -0.4 is 21.7 Å². The molecule has 5 atom stereocenters. The van der Waals surface area contributed by atoms with Gasteiger partial charge in [0.2, 0.25) is 41.4 Å². The van der Waals surface area contributed by atoms with Crippen molar-refractivity contribution in [3.05, 3.63) is 107 Å². The molecule has 4 aliphatic heterocycles. The Hall–Kier alpha value is -6.82. The maximum atomic E-state index is 14.0. The molecule has 4 aliphatic rings. The third-order valence-corrected chi connectivity index (χ3v) is 12.9. The molecule has 0 saturated carbocycles. The lowest BCUT2D eigenvalue weighted by Gasteiger charge is -2.38. The van der Waals surface area contributed by atoms with Gasteiger partial charge in [0.1, 0.15) is 18.1 Å². The summed E-state index contributed by atoms with van der Waals surface area (Å²) in [7, 11) is 0. The quantitative estimate of drug-likeness (QED) is 0.100. The molecule has 3 aromatic carbocycles. The van der Waals surface area contributed by atoms with Gasteiger partial charge in [-0.25, -0.2) is 0 Å². The molecular formula is C50H57N7O8. The first-order chi connectivity index (χ1) is 31.4. The normalized spacial score (nSPS) is 21.0. The summed E-state index contributed by atoms with van der Waals surface area (Å²) in [5.74, 6) is 3.04. The molecule has 8 amide bonds. The Morgan fingerprint density at radius 1 is 0.831 bits per heavy atom. The number of nitrogens with one attached hydrogen (secondary N) is 3. The largest absolute Gasteiger partial charge is 0.370 e. The molecule has 0 aromatic heterocycles. The van der Waals surface area contributed by atoms with Gasteiger partial charge in [-0.15, -0.1) is 0 Å². The Balaban J connectivity index is 0.891. The number of carbonyl (C=O) groups is 8. The zero-order valence-corrected chi connectivity index (χ0v) is 36.8. The summed E-state index contributed by atoms with van der Waals surface area (Å²) < 4.78 is 0. The van der Waals surface area contributed by atoms with Gasteiger partial charge in [0.15, 0.2) is 0 Å². The van der Waals surface area contributed by atoms with E-state index in [1.165, 1.54) is 4.90 Å². The van der Waals surface area contributed by atoms with E-state index in [1.807, 2.05) is 66.7 Å². The number of primary amides is 1. The van der Waals surface area contributed by atoms with Gasteiger partial charge in [-0.05, 0) is 73.8 Å². The lowest BCUT2D eigenvalue weighted by atomic mass is 9.98. The Labute approximate surface area is 379 Å². The van der Waals surface area contributed by atoms with E-state index in [1.54, 1.807) is 28.9 Å². The molecule has 15 heteroatoms. The molecule has 0 aliphatic carbocycles. The van der Waals surface area contributed by atoms with Crippen molar-refractivity contribution in [2.45, 2.75) is 121 Å². The molecule has 3 fully saturated rings. The topological polar surface area (TPSA) is 208 Å². The van der Waals surface area contributed by atoms with Crippen LogP contribution in [0.2, 0.25) is 0 Å². The summed E-state index contributed by atoms with van der Waals surface area (Å²) in [6, 6.07) is 20.9. The van der Waals surface area contributed by atoms with Gasteiger partial charge in [-0.1, -0.05) is 91.9 Å². The van der Waals surface area contributed by atoms with E-state index >= 15 is 0 Å². The third kappa shape index (κ3) is 11.1. The standard InChI is InChI=1S/C50H57N7O8/c1-32-30-55(44(60)21-12-4-2-3-7-14-33-19-13-20-37-38(33)31-56(50(37)65)40-25-27-43(59)53-47(40)62)29-28-36-22-24-41(57(36)49(32)64)48(63)52-39(23-26-42(51)58)46(61)54-45(34-15-8-5-9-16-34)35-17-10-6-11-18-35/h5-6,8-11,13,15-20,32,36,39-41,45H,2-4,12,21-31H2,1H3,(H2,51,58)(H,52,63)(H,54,61)(H,53,59,62)/t32-,36+,39-,40?,41-/m0/s1.